The van der Waals surface area contributed by atoms with Crippen LogP contribution < -0.4 is 14.8 Å². The molecule has 5 heteroatoms. The molecule has 3 aromatic carbocycles. The first kappa shape index (κ1) is 17.5. The number of nitrogens with one attached hydrogen (secondary N) is 1. The van der Waals surface area contributed by atoms with Gasteiger partial charge in [0.2, 0.25) is 5.91 Å². The van der Waals surface area contributed by atoms with Gasteiger partial charge in [-0.25, -0.2) is 4.39 Å². The van der Waals surface area contributed by atoms with Crippen molar-refractivity contribution in [1.82, 2.24) is 0 Å². The van der Waals surface area contributed by atoms with Crippen molar-refractivity contribution in [2.75, 3.05) is 12.4 Å². The molecule has 0 aliphatic carbocycles. The van der Waals surface area contributed by atoms with Crippen molar-refractivity contribution in [3.05, 3.63) is 84.2 Å². The van der Waals surface area contributed by atoms with Crippen molar-refractivity contribution < 1.29 is 18.7 Å². The van der Waals surface area contributed by atoms with Crippen molar-refractivity contribution in [2.24, 2.45) is 0 Å². The van der Waals surface area contributed by atoms with Gasteiger partial charge in [0.25, 0.3) is 0 Å². The third-order valence-corrected chi connectivity index (χ3v) is 3.71. The van der Waals surface area contributed by atoms with E-state index in [2.05, 4.69) is 5.32 Å². The van der Waals surface area contributed by atoms with Crippen LogP contribution in [0, 0.1) is 5.82 Å². The zero-order valence-corrected chi connectivity index (χ0v) is 14.2. The number of anilines is 1. The summed E-state index contributed by atoms with van der Waals surface area (Å²) in [5.74, 6) is 1.40. The molecule has 4 nitrogen and oxygen atoms in total. The summed E-state index contributed by atoms with van der Waals surface area (Å²) < 4.78 is 23.9. The number of amides is 1. The topological polar surface area (TPSA) is 47.6 Å². The third-order valence-electron chi connectivity index (χ3n) is 3.71. The molecule has 132 valence electrons. The lowest BCUT2D eigenvalue weighted by atomic mass is 10.1. The molecule has 0 atom stereocenters. The van der Waals surface area contributed by atoms with Crippen LogP contribution in [0.4, 0.5) is 10.1 Å². The van der Waals surface area contributed by atoms with E-state index in [9.17, 15) is 9.18 Å². The van der Waals surface area contributed by atoms with Gasteiger partial charge in [-0.1, -0.05) is 24.3 Å². The minimum absolute atomic E-state index is 0.171. The van der Waals surface area contributed by atoms with Gasteiger partial charge in [-0.15, -0.1) is 0 Å². The third kappa shape index (κ3) is 4.60. The van der Waals surface area contributed by atoms with Gasteiger partial charge in [0.15, 0.2) is 11.5 Å². The number of rotatable bonds is 6. The molecule has 0 bridgehead atoms. The Balaban J connectivity index is 1.60. The molecular weight excluding hydrogens is 333 g/mol. The SMILES string of the molecule is COc1ccccc1Oc1ccc(NC(=O)Cc2ccc(F)cc2)cc1. The van der Waals surface area contributed by atoms with Crippen LogP contribution in [0.2, 0.25) is 0 Å². The summed E-state index contributed by atoms with van der Waals surface area (Å²) in [6, 6.07) is 20.3. The van der Waals surface area contributed by atoms with Crippen LogP contribution in [-0.4, -0.2) is 13.0 Å². The molecule has 1 N–H and O–H groups in total. The van der Waals surface area contributed by atoms with Crippen molar-refractivity contribution in [1.29, 1.82) is 0 Å². The maximum absolute atomic E-state index is 12.9. The van der Waals surface area contributed by atoms with Crippen molar-refractivity contribution >= 4 is 11.6 Å². The zero-order valence-electron chi connectivity index (χ0n) is 14.2. The van der Waals surface area contributed by atoms with Gasteiger partial charge in [0.05, 0.1) is 13.5 Å². The molecule has 0 heterocycles. The predicted molar refractivity (Wildman–Crippen MR) is 98.2 cm³/mol. The van der Waals surface area contributed by atoms with Crippen molar-refractivity contribution in [3.8, 4) is 17.2 Å². The monoisotopic (exact) mass is 351 g/mol. The second kappa shape index (κ2) is 8.16. The number of benzene rings is 3. The number of methoxy groups -OCH3 is 1. The lowest BCUT2D eigenvalue weighted by Crippen LogP contribution is -2.14. The Labute approximate surface area is 151 Å². The Hall–Kier alpha value is -3.34. The molecule has 0 aromatic heterocycles. The molecule has 3 aromatic rings. The molecule has 0 fully saturated rings. The van der Waals surface area contributed by atoms with Gasteiger partial charge in [0, 0.05) is 5.69 Å². The fourth-order valence-corrected chi connectivity index (χ4v) is 2.43. The van der Waals surface area contributed by atoms with Crippen LogP contribution in [0.5, 0.6) is 17.2 Å². The Kier molecular flexibility index (Phi) is 5.49. The molecule has 0 spiro atoms. The summed E-state index contributed by atoms with van der Waals surface area (Å²) in [5, 5.41) is 2.81. The highest BCUT2D eigenvalue weighted by Crippen LogP contribution is 2.31. The largest absolute Gasteiger partial charge is 0.493 e. The Bertz CT molecular complexity index is 877. The average Bonchev–Trinajstić information content (AvgIpc) is 2.65. The normalized spacial score (nSPS) is 10.2. The lowest BCUT2D eigenvalue weighted by Gasteiger charge is -2.11. The lowest BCUT2D eigenvalue weighted by molar-refractivity contribution is -0.115. The number of carbonyl (C=O) groups excluding carboxylic acids is 1. The molecule has 0 saturated carbocycles. The van der Waals surface area contributed by atoms with Gasteiger partial charge < -0.3 is 14.8 Å². The van der Waals surface area contributed by atoms with E-state index in [1.807, 2.05) is 24.3 Å². The average molecular weight is 351 g/mol. The minimum Gasteiger partial charge on any atom is -0.493 e. The van der Waals surface area contributed by atoms with Crippen LogP contribution in [0.15, 0.2) is 72.8 Å². The van der Waals surface area contributed by atoms with Gasteiger partial charge in [-0.2, -0.15) is 0 Å². The van der Waals surface area contributed by atoms with Gasteiger partial charge in [0.1, 0.15) is 11.6 Å². The Morgan fingerprint density at radius 3 is 2.23 bits per heavy atom. The van der Waals surface area contributed by atoms with Crippen molar-refractivity contribution in [2.45, 2.75) is 6.42 Å². The summed E-state index contributed by atoms with van der Waals surface area (Å²) in [6.07, 6.45) is 0.180. The second-order valence-electron chi connectivity index (χ2n) is 5.63. The fraction of sp³-hybridized carbons (Fsp3) is 0.0952. The molecular formula is C21H18FNO3. The molecule has 0 radical (unpaired) electrons. The van der Waals surface area contributed by atoms with Crippen LogP contribution in [0.1, 0.15) is 5.56 Å². The summed E-state index contributed by atoms with van der Waals surface area (Å²) in [5.41, 5.74) is 1.41. The van der Waals surface area contributed by atoms with Crippen LogP contribution in [-0.2, 0) is 11.2 Å². The van der Waals surface area contributed by atoms with E-state index in [-0.39, 0.29) is 18.1 Å². The van der Waals surface area contributed by atoms with Crippen molar-refractivity contribution in [3.63, 3.8) is 0 Å². The van der Waals surface area contributed by atoms with E-state index in [0.717, 1.165) is 5.56 Å². The molecule has 0 saturated heterocycles. The fourth-order valence-electron chi connectivity index (χ4n) is 2.43. The minimum atomic E-state index is -0.320. The summed E-state index contributed by atoms with van der Waals surface area (Å²) >= 11 is 0. The quantitative estimate of drug-likeness (QED) is 0.693. The number of ether oxygens (including phenoxy) is 2. The highest BCUT2D eigenvalue weighted by atomic mass is 19.1. The number of hydrogen-bond donors (Lipinski definition) is 1. The van der Waals surface area contributed by atoms with E-state index in [4.69, 9.17) is 9.47 Å². The Morgan fingerprint density at radius 2 is 1.58 bits per heavy atom. The molecule has 0 aliphatic rings. The molecule has 26 heavy (non-hydrogen) atoms. The maximum atomic E-state index is 12.9. The Morgan fingerprint density at radius 1 is 0.923 bits per heavy atom. The second-order valence-corrected chi connectivity index (χ2v) is 5.63. The predicted octanol–water partition coefficient (Wildman–Crippen LogP) is 4.81. The van der Waals surface area contributed by atoms with Gasteiger partial charge in [-0.3, -0.25) is 4.79 Å². The van der Waals surface area contributed by atoms with Gasteiger partial charge in [-0.05, 0) is 54.1 Å². The number of halogens is 1. The van der Waals surface area contributed by atoms with Gasteiger partial charge >= 0.3 is 0 Å². The van der Waals surface area contributed by atoms with E-state index >= 15 is 0 Å². The van der Waals surface area contributed by atoms with E-state index in [1.54, 1.807) is 43.5 Å². The number of hydrogen-bond acceptors (Lipinski definition) is 3. The van der Waals surface area contributed by atoms with Crippen LogP contribution >= 0.6 is 0 Å². The molecule has 0 unspecified atom stereocenters. The first-order valence-electron chi connectivity index (χ1n) is 8.09. The standard InChI is InChI=1S/C21H18FNO3/c1-25-19-4-2-3-5-20(19)26-18-12-10-17(11-13-18)23-21(24)14-15-6-8-16(22)9-7-15/h2-13H,14H2,1H3,(H,23,24). The van der Waals surface area contributed by atoms with E-state index in [0.29, 0.717) is 22.9 Å². The first-order valence-corrected chi connectivity index (χ1v) is 8.09. The summed E-state index contributed by atoms with van der Waals surface area (Å²) in [4.78, 5) is 12.1. The maximum Gasteiger partial charge on any atom is 0.228 e. The van der Waals surface area contributed by atoms with E-state index < -0.39 is 0 Å². The smallest absolute Gasteiger partial charge is 0.228 e. The summed E-state index contributed by atoms with van der Waals surface area (Å²) in [6.45, 7) is 0. The zero-order chi connectivity index (χ0) is 18.4. The first-order chi connectivity index (χ1) is 12.6. The van der Waals surface area contributed by atoms with Crippen LogP contribution in [0.3, 0.4) is 0 Å². The number of carbonyl (C=O) groups is 1. The highest BCUT2D eigenvalue weighted by molar-refractivity contribution is 5.92. The summed E-state index contributed by atoms with van der Waals surface area (Å²) in [7, 11) is 1.59. The number of para-hydroxylation sites is 2. The highest BCUT2D eigenvalue weighted by Gasteiger charge is 2.07. The molecule has 1 amide bonds. The molecule has 3 rings (SSSR count). The van der Waals surface area contributed by atoms with Crippen LogP contribution in [0.25, 0.3) is 0 Å². The van der Waals surface area contributed by atoms with E-state index in [1.165, 1.54) is 12.1 Å². The molecule has 0 aliphatic heterocycles.